The van der Waals surface area contributed by atoms with Crippen molar-refractivity contribution >= 4 is 22.1 Å². The Morgan fingerprint density at radius 1 is 1.04 bits per heavy atom. The van der Waals surface area contributed by atoms with Crippen LogP contribution in [0.1, 0.15) is 31.1 Å². The Hall–Kier alpha value is -2.13. The lowest BCUT2D eigenvalue weighted by atomic mass is 10.2. The normalized spacial score (nSPS) is 16.2. The summed E-state index contributed by atoms with van der Waals surface area (Å²) in [7, 11) is -2.68. The number of esters is 1. The van der Waals surface area contributed by atoms with Crippen LogP contribution in [0.4, 0.5) is 4.79 Å². The van der Waals surface area contributed by atoms with Crippen LogP contribution >= 0.6 is 0 Å². The van der Waals surface area contributed by atoms with Crippen molar-refractivity contribution in [3.05, 3.63) is 29.8 Å². The third kappa shape index (κ3) is 4.53. The summed E-state index contributed by atoms with van der Waals surface area (Å²) in [5.74, 6) is -0.712. The third-order valence-corrected chi connectivity index (χ3v) is 5.76. The molecule has 1 aliphatic heterocycles. The largest absolute Gasteiger partial charge is 0.465 e. The molecular weight excluding hydrogens is 360 g/mol. The van der Waals surface area contributed by atoms with Gasteiger partial charge in [0.25, 0.3) is 0 Å². The van der Waals surface area contributed by atoms with Gasteiger partial charge < -0.3 is 14.4 Å². The van der Waals surface area contributed by atoms with Gasteiger partial charge in [0.15, 0.2) is 0 Å². The van der Waals surface area contributed by atoms with E-state index in [1.807, 2.05) is 0 Å². The number of methoxy groups -OCH3 is 1. The lowest BCUT2D eigenvalue weighted by molar-refractivity contribution is 0.0192. The lowest BCUT2D eigenvalue weighted by Crippen LogP contribution is -2.51. The van der Waals surface area contributed by atoms with Crippen molar-refractivity contribution in [1.82, 2.24) is 9.21 Å². The van der Waals surface area contributed by atoms with E-state index in [4.69, 9.17) is 4.74 Å². The number of benzene rings is 1. The molecule has 1 aliphatic rings. The predicted molar refractivity (Wildman–Crippen MR) is 94.3 cm³/mol. The highest BCUT2D eigenvalue weighted by molar-refractivity contribution is 7.89. The number of nitrogens with zero attached hydrogens (tertiary/aromatic N) is 2. The maximum atomic E-state index is 12.9. The average molecular weight is 384 g/mol. The molecule has 1 fully saturated rings. The molecular formula is C17H24N2O6S. The van der Waals surface area contributed by atoms with Gasteiger partial charge in [0.05, 0.1) is 17.6 Å². The first-order valence-electron chi connectivity index (χ1n) is 8.21. The van der Waals surface area contributed by atoms with Crippen LogP contribution in [0.2, 0.25) is 0 Å². The number of hydrogen-bond donors (Lipinski definition) is 0. The van der Waals surface area contributed by atoms with Gasteiger partial charge in [-0.1, -0.05) is 12.1 Å². The van der Waals surface area contributed by atoms with Crippen LogP contribution in [-0.4, -0.2) is 68.6 Å². The van der Waals surface area contributed by atoms with Crippen molar-refractivity contribution in [2.45, 2.75) is 31.3 Å². The van der Waals surface area contributed by atoms with Gasteiger partial charge in [-0.3, -0.25) is 0 Å². The molecule has 0 bridgehead atoms. The fraction of sp³-hybridized carbons (Fsp3) is 0.529. The van der Waals surface area contributed by atoms with Gasteiger partial charge in [0, 0.05) is 26.2 Å². The maximum absolute atomic E-state index is 12.9. The van der Waals surface area contributed by atoms with E-state index in [1.165, 1.54) is 28.4 Å². The van der Waals surface area contributed by atoms with Gasteiger partial charge in [-0.05, 0) is 32.9 Å². The minimum Gasteiger partial charge on any atom is -0.465 e. The first kappa shape index (κ1) is 20.2. The summed E-state index contributed by atoms with van der Waals surface area (Å²) in [6.45, 7) is 6.00. The van der Waals surface area contributed by atoms with Crippen molar-refractivity contribution < 1.29 is 27.5 Å². The summed E-state index contributed by atoms with van der Waals surface area (Å²) in [5.41, 5.74) is -0.621. The molecule has 0 aromatic heterocycles. The van der Waals surface area contributed by atoms with Gasteiger partial charge in [-0.2, -0.15) is 4.31 Å². The van der Waals surface area contributed by atoms with Crippen LogP contribution in [0, 0.1) is 0 Å². The van der Waals surface area contributed by atoms with Crippen molar-refractivity contribution in [1.29, 1.82) is 0 Å². The average Bonchev–Trinajstić information content (AvgIpc) is 2.59. The summed E-state index contributed by atoms with van der Waals surface area (Å²) >= 11 is 0. The number of carbonyl (C=O) groups excluding carboxylic acids is 2. The van der Waals surface area contributed by atoms with E-state index in [9.17, 15) is 18.0 Å². The molecule has 0 aliphatic carbocycles. The van der Waals surface area contributed by atoms with Crippen LogP contribution in [-0.2, 0) is 19.5 Å². The van der Waals surface area contributed by atoms with Gasteiger partial charge in [0.1, 0.15) is 5.60 Å². The van der Waals surface area contributed by atoms with Gasteiger partial charge in [-0.25, -0.2) is 18.0 Å². The van der Waals surface area contributed by atoms with E-state index in [1.54, 1.807) is 32.9 Å². The molecule has 1 amide bonds. The molecule has 9 heteroatoms. The number of ether oxygens (including phenoxy) is 2. The summed E-state index contributed by atoms with van der Waals surface area (Å²) in [6, 6.07) is 5.92. The van der Waals surface area contributed by atoms with Crippen molar-refractivity contribution in [2.75, 3.05) is 33.3 Å². The summed E-state index contributed by atoms with van der Waals surface area (Å²) in [6.07, 6.45) is -0.468. The van der Waals surface area contributed by atoms with Gasteiger partial charge in [0.2, 0.25) is 10.0 Å². The molecule has 8 nitrogen and oxygen atoms in total. The van der Waals surface area contributed by atoms with E-state index in [0.29, 0.717) is 0 Å². The Morgan fingerprint density at radius 3 is 2.15 bits per heavy atom. The predicted octanol–water partition coefficient (Wildman–Crippen LogP) is 1.71. The van der Waals surface area contributed by atoms with E-state index < -0.39 is 27.7 Å². The highest BCUT2D eigenvalue weighted by Crippen LogP contribution is 2.22. The van der Waals surface area contributed by atoms with Gasteiger partial charge >= 0.3 is 12.1 Å². The summed E-state index contributed by atoms with van der Waals surface area (Å²) in [5, 5.41) is 0. The second kappa shape index (κ2) is 7.63. The fourth-order valence-corrected chi connectivity index (χ4v) is 4.15. The second-order valence-corrected chi connectivity index (χ2v) is 8.77. The quantitative estimate of drug-likeness (QED) is 0.737. The zero-order valence-electron chi connectivity index (χ0n) is 15.4. The number of carbonyl (C=O) groups is 2. The highest BCUT2D eigenvalue weighted by atomic mass is 32.2. The Bertz CT molecular complexity index is 777. The highest BCUT2D eigenvalue weighted by Gasteiger charge is 2.34. The minimum atomic E-state index is -3.88. The number of hydrogen-bond acceptors (Lipinski definition) is 6. The summed E-state index contributed by atoms with van der Waals surface area (Å²) in [4.78, 5) is 25.3. The Balaban J connectivity index is 2.14. The number of piperazine rings is 1. The van der Waals surface area contributed by atoms with E-state index in [-0.39, 0.29) is 36.6 Å². The van der Waals surface area contributed by atoms with Crippen molar-refractivity contribution in [3.63, 3.8) is 0 Å². The molecule has 0 radical (unpaired) electrons. The molecule has 0 N–H and O–H groups in total. The van der Waals surface area contributed by atoms with Crippen LogP contribution in [0.3, 0.4) is 0 Å². The second-order valence-electron chi connectivity index (χ2n) is 6.86. The number of rotatable bonds is 3. The van der Waals surface area contributed by atoms with E-state index in [0.717, 1.165) is 0 Å². The van der Waals surface area contributed by atoms with Crippen molar-refractivity contribution in [2.24, 2.45) is 0 Å². The van der Waals surface area contributed by atoms with Crippen LogP contribution in [0.25, 0.3) is 0 Å². The fourth-order valence-electron chi connectivity index (χ4n) is 2.55. The Morgan fingerprint density at radius 2 is 1.62 bits per heavy atom. The zero-order valence-corrected chi connectivity index (χ0v) is 16.2. The van der Waals surface area contributed by atoms with Crippen LogP contribution in [0.5, 0.6) is 0 Å². The topological polar surface area (TPSA) is 93.2 Å². The lowest BCUT2D eigenvalue weighted by Gasteiger charge is -2.35. The standard InChI is InChI=1S/C17H24N2O6S/c1-17(2,3)25-16(21)18-9-11-19(12-10-18)26(22,23)14-8-6-5-7-13(14)15(20)24-4/h5-8H,9-12H2,1-4H3. The van der Waals surface area contributed by atoms with E-state index >= 15 is 0 Å². The number of sulfonamides is 1. The molecule has 1 heterocycles. The molecule has 0 saturated carbocycles. The SMILES string of the molecule is COC(=O)c1ccccc1S(=O)(=O)N1CCN(C(=O)OC(C)(C)C)CC1. The zero-order chi connectivity index (χ0) is 19.5. The molecule has 1 saturated heterocycles. The Labute approximate surface area is 153 Å². The first-order chi connectivity index (χ1) is 12.1. The van der Waals surface area contributed by atoms with Crippen LogP contribution in [0.15, 0.2) is 29.2 Å². The molecule has 1 aromatic rings. The minimum absolute atomic E-state index is 0.00966. The Kier molecular flexibility index (Phi) is 5.92. The molecule has 0 spiro atoms. The third-order valence-electron chi connectivity index (χ3n) is 3.80. The molecule has 1 aromatic carbocycles. The molecule has 144 valence electrons. The smallest absolute Gasteiger partial charge is 0.410 e. The van der Waals surface area contributed by atoms with E-state index in [2.05, 4.69) is 4.74 Å². The summed E-state index contributed by atoms with van der Waals surface area (Å²) < 4.78 is 37.1. The van der Waals surface area contributed by atoms with Crippen molar-refractivity contribution in [3.8, 4) is 0 Å². The number of amides is 1. The molecule has 0 unspecified atom stereocenters. The molecule has 0 atom stereocenters. The molecule has 2 rings (SSSR count). The first-order valence-corrected chi connectivity index (χ1v) is 9.65. The maximum Gasteiger partial charge on any atom is 0.410 e. The monoisotopic (exact) mass is 384 g/mol. The molecule has 26 heavy (non-hydrogen) atoms. The van der Waals surface area contributed by atoms with Gasteiger partial charge in [-0.15, -0.1) is 0 Å². The van der Waals surface area contributed by atoms with Crippen LogP contribution < -0.4 is 0 Å².